The van der Waals surface area contributed by atoms with Crippen LogP contribution in [0.1, 0.15) is 11.3 Å². The van der Waals surface area contributed by atoms with E-state index in [1.807, 2.05) is 0 Å². The van der Waals surface area contributed by atoms with Gasteiger partial charge in [0.25, 0.3) is 5.56 Å². The maximum atomic E-state index is 14.4. The smallest absolute Gasteiger partial charge is 0.357 e. The fourth-order valence-electron chi connectivity index (χ4n) is 3.41. The molecule has 0 unspecified atom stereocenters. The van der Waals surface area contributed by atoms with E-state index in [0.717, 1.165) is 24.3 Å². The number of halogens is 4. The number of carbonyl (C=O) groups is 1. The van der Waals surface area contributed by atoms with Crippen LogP contribution in [0.4, 0.5) is 39.7 Å². The Morgan fingerprint density at radius 1 is 1.03 bits per heavy atom. The number of nitrogens with zero attached hydrogens (tertiary/aromatic N) is 2. The summed E-state index contributed by atoms with van der Waals surface area (Å²) in [6.45, 7) is 1.74. The maximum absolute atomic E-state index is 14.4. The van der Waals surface area contributed by atoms with Crippen molar-refractivity contribution >= 4 is 34.4 Å². The second-order valence-electron chi connectivity index (χ2n) is 7.51. The SMILES string of the molecule is CNc1nc(C)c2cc(-c3ccc(F)c(NC(=O)Nc4cccc(C(F)(F)F)c4)c3)c(=O)[nH]c2n1. The van der Waals surface area contributed by atoms with Gasteiger partial charge in [-0.2, -0.15) is 18.2 Å². The number of hydrogen-bond donors (Lipinski definition) is 4. The van der Waals surface area contributed by atoms with Crippen molar-refractivity contribution in [2.45, 2.75) is 13.1 Å². The first-order chi connectivity index (χ1) is 16.5. The van der Waals surface area contributed by atoms with E-state index in [9.17, 15) is 27.2 Å². The van der Waals surface area contributed by atoms with Gasteiger partial charge in [-0.3, -0.25) is 4.79 Å². The first-order valence-corrected chi connectivity index (χ1v) is 10.2. The Balaban J connectivity index is 1.63. The molecule has 35 heavy (non-hydrogen) atoms. The second kappa shape index (κ2) is 9.05. The highest BCUT2D eigenvalue weighted by Gasteiger charge is 2.30. The molecule has 2 aromatic heterocycles. The number of nitrogens with one attached hydrogen (secondary N) is 4. The van der Waals surface area contributed by atoms with Gasteiger partial charge in [-0.15, -0.1) is 0 Å². The normalized spacial score (nSPS) is 11.4. The highest BCUT2D eigenvalue weighted by Crippen LogP contribution is 2.31. The number of amides is 2. The molecule has 0 aliphatic rings. The molecule has 0 spiro atoms. The lowest BCUT2D eigenvalue weighted by molar-refractivity contribution is -0.137. The van der Waals surface area contributed by atoms with Crippen LogP contribution in [-0.4, -0.2) is 28.0 Å². The number of pyridine rings is 1. The van der Waals surface area contributed by atoms with Crippen molar-refractivity contribution in [2.75, 3.05) is 23.0 Å². The zero-order valence-corrected chi connectivity index (χ0v) is 18.3. The summed E-state index contributed by atoms with van der Waals surface area (Å²) in [5.41, 5.74) is -0.456. The van der Waals surface area contributed by atoms with Crippen LogP contribution >= 0.6 is 0 Å². The van der Waals surface area contributed by atoms with Gasteiger partial charge in [0.05, 0.1) is 16.9 Å². The number of aryl methyl sites for hydroxylation is 1. The lowest BCUT2D eigenvalue weighted by Gasteiger charge is -2.12. The van der Waals surface area contributed by atoms with Crippen molar-refractivity contribution in [2.24, 2.45) is 0 Å². The molecule has 0 aliphatic heterocycles. The third-order valence-corrected chi connectivity index (χ3v) is 5.10. The minimum absolute atomic E-state index is 0.128. The minimum atomic E-state index is -4.58. The van der Waals surface area contributed by atoms with E-state index < -0.39 is 29.1 Å². The maximum Gasteiger partial charge on any atom is 0.416 e. The topological polar surface area (TPSA) is 112 Å². The van der Waals surface area contributed by atoms with Gasteiger partial charge in [-0.25, -0.2) is 14.2 Å². The molecular weight excluding hydrogens is 468 g/mol. The number of rotatable bonds is 4. The summed E-state index contributed by atoms with van der Waals surface area (Å²) in [5, 5.41) is 7.86. The predicted molar refractivity (Wildman–Crippen MR) is 124 cm³/mol. The van der Waals surface area contributed by atoms with Gasteiger partial charge in [-0.1, -0.05) is 12.1 Å². The van der Waals surface area contributed by atoms with E-state index in [1.54, 1.807) is 20.0 Å². The van der Waals surface area contributed by atoms with E-state index >= 15 is 0 Å². The fraction of sp³-hybridized carbons (Fsp3) is 0.130. The molecule has 180 valence electrons. The summed E-state index contributed by atoms with van der Waals surface area (Å²) >= 11 is 0. The Labute approximate surface area is 195 Å². The molecular formula is C23H18F4N6O2. The van der Waals surface area contributed by atoms with Crippen molar-refractivity contribution in [1.82, 2.24) is 15.0 Å². The molecule has 0 saturated heterocycles. The first-order valence-electron chi connectivity index (χ1n) is 10.2. The number of aromatic nitrogens is 3. The molecule has 12 heteroatoms. The number of aromatic amines is 1. The molecule has 2 aromatic carbocycles. The number of alkyl halides is 3. The lowest BCUT2D eigenvalue weighted by Crippen LogP contribution is -2.20. The Morgan fingerprint density at radius 2 is 1.80 bits per heavy atom. The zero-order valence-electron chi connectivity index (χ0n) is 18.3. The summed E-state index contributed by atoms with van der Waals surface area (Å²) in [7, 11) is 1.64. The summed E-state index contributed by atoms with van der Waals surface area (Å²) < 4.78 is 53.1. The largest absolute Gasteiger partial charge is 0.416 e. The van der Waals surface area contributed by atoms with Crippen molar-refractivity contribution in [3.8, 4) is 11.1 Å². The summed E-state index contributed by atoms with van der Waals surface area (Å²) in [6.07, 6.45) is -4.58. The Hall–Kier alpha value is -4.48. The Kier molecular flexibility index (Phi) is 6.12. The highest BCUT2D eigenvalue weighted by molar-refractivity contribution is 6.00. The molecule has 2 amide bonds. The molecule has 0 fully saturated rings. The molecule has 2 heterocycles. The van der Waals surface area contributed by atoms with Crippen LogP contribution in [0.5, 0.6) is 0 Å². The van der Waals surface area contributed by atoms with E-state index in [0.29, 0.717) is 28.2 Å². The van der Waals surface area contributed by atoms with Gasteiger partial charge in [0, 0.05) is 23.7 Å². The van der Waals surface area contributed by atoms with Crippen LogP contribution in [0.15, 0.2) is 53.3 Å². The van der Waals surface area contributed by atoms with Gasteiger partial charge >= 0.3 is 12.2 Å². The van der Waals surface area contributed by atoms with E-state index in [4.69, 9.17) is 0 Å². The molecule has 0 atom stereocenters. The van der Waals surface area contributed by atoms with Crippen molar-refractivity contribution < 1.29 is 22.4 Å². The number of fused-ring (bicyclic) bond motifs is 1. The molecule has 4 N–H and O–H groups in total. The van der Waals surface area contributed by atoms with Crippen molar-refractivity contribution in [3.63, 3.8) is 0 Å². The predicted octanol–water partition coefficient (Wildman–Crippen LogP) is 5.14. The molecule has 0 radical (unpaired) electrons. The minimum Gasteiger partial charge on any atom is -0.357 e. The summed E-state index contributed by atoms with van der Waals surface area (Å²) in [4.78, 5) is 36.2. The number of H-pyrrole nitrogens is 1. The molecule has 8 nitrogen and oxygen atoms in total. The summed E-state index contributed by atoms with van der Waals surface area (Å²) in [6, 6.07) is 8.28. The van der Waals surface area contributed by atoms with Crippen LogP contribution in [0.25, 0.3) is 22.2 Å². The van der Waals surface area contributed by atoms with E-state index in [2.05, 4.69) is 30.9 Å². The van der Waals surface area contributed by atoms with Gasteiger partial charge in [0.2, 0.25) is 5.95 Å². The standard InChI is InChI=1S/C23H18F4N6O2/c1-11-15-10-16(20(34)32-19(15)33-21(28-2)29-11)12-6-7-17(24)18(8-12)31-22(35)30-14-5-3-4-13(9-14)23(25,26)27/h3-10H,1-2H3,(H2,30,31,35)(H2,28,29,32,33,34). The molecule has 0 saturated carbocycles. The average molecular weight is 486 g/mol. The highest BCUT2D eigenvalue weighted by atomic mass is 19.4. The Morgan fingerprint density at radius 3 is 2.51 bits per heavy atom. The molecule has 0 bridgehead atoms. The number of urea groups is 1. The van der Waals surface area contributed by atoms with Crippen LogP contribution < -0.4 is 21.5 Å². The van der Waals surface area contributed by atoms with Crippen molar-refractivity contribution in [1.29, 1.82) is 0 Å². The zero-order chi connectivity index (χ0) is 25.3. The van der Waals surface area contributed by atoms with E-state index in [1.165, 1.54) is 18.2 Å². The monoisotopic (exact) mass is 486 g/mol. The van der Waals surface area contributed by atoms with Crippen LogP contribution in [0, 0.1) is 12.7 Å². The van der Waals surface area contributed by atoms with E-state index in [-0.39, 0.29) is 16.9 Å². The molecule has 4 rings (SSSR count). The third kappa shape index (κ3) is 5.05. The lowest BCUT2D eigenvalue weighted by atomic mass is 10.0. The second-order valence-corrected chi connectivity index (χ2v) is 7.51. The fourth-order valence-corrected chi connectivity index (χ4v) is 3.41. The Bertz CT molecular complexity index is 1500. The first kappa shape index (κ1) is 23.7. The van der Waals surface area contributed by atoms with Crippen molar-refractivity contribution in [3.05, 3.63) is 76.0 Å². The average Bonchev–Trinajstić information content (AvgIpc) is 2.79. The molecule has 0 aliphatic carbocycles. The number of carbonyl (C=O) groups excluding carboxylic acids is 1. The number of anilines is 3. The van der Waals surface area contributed by atoms with Gasteiger partial charge in [0.15, 0.2) is 0 Å². The summed E-state index contributed by atoms with van der Waals surface area (Å²) in [5.74, 6) is -0.471. The van der Waals surface area contributed by atoms with Gasteiger partial charge in [-0.05, 0) is 48.9 Å². The van der Waals surface area contributed by atoms with Gasteiger partial charge < -0.3 is 20.9 Å². The van der Waals surface area contributed by atoms with Crippen LogP contribution in [0.3, 0.4) is 0 Å². The molecule has 4 aromatic rings. The number of hydrogen-bond acceptors (Lipinski definition) is 5. The van der Waals surface area contributed by atoms with Crippen LogP contribution in [0.2, 0.25) is 0 Å². The number of benzene rings is 2. The van der Waals surface area contributed by atoms with Crippen LogP contribution in [-0.2, 0) is 6.18 Å². The van der Waals surface area contributed by atoms with Gasteiger partial charge in [0.1, 0.15) is 11.5 Å². The quantitative estimate of drug-likeness (QED) is 0.299. The third-order valence-electron chi connectivity index (χ3n) is 5.10.